The van der Waals surface area contributed by atoms with E-state index in [0.717, 1.165) is 5.56 Å². The highest BCUT2D eigenvalue weighted by atomic mass is 16.5. The van der Waals surface area contributed by atoms with E-state index in [0.29, 0.717) is 24.0 Å². The zero-order chi connectivity index (χ0) is 18.9. The maximum Gasteiger partial charge on any atom is 0.315 e. The quantitative estimate of drug-likeness (QED) is 0.595. The van der Waals surface area contributed by atoms with E-state index in [1.165, 1.54) is 12.1 Å². The summed E-state index contributed by atoms with van der Waals surface area (Å²) in [7, 11) is 0. The molecule has 2 rings (SSSR count). The summed E-state index contributed by atoms with van der Waals surface area (Å²) >= 11 is 0. The van der Waals surface area contributed by atoms with Crippen molar-refractivity contribution in [2.45, 2.75) is 25.2 Å². The van der Waals surface area contributed by atoms with Crippen LogP contribution in [0.3, 0.4) is 0 Å². The van der Waals surface area contributed by atoms with Gasteiger partial charge in [-0.25, -0.2) is 0 Å². The molecule has 26 heavy (non-hydrogen) atoms. The smallest absolute Gasteiger partial charge is 0.315 e. The second-order valence-electron chi connectivity index (χ2n) is 5.90. The lowest BCUT2D eigenvalue weighted by molar-refractivity contribution is -0.144. The van der Waals surface area contributed by atoms with Crippen LogP contribution in [-0.2, 0) is 20.7 Å². The van der Waals surface area contributed by atoms with Crippen molar-refractivity contribution in [3.05, 3.63) is 65.2 Å². The minimum Gasteiger partial charge on any atom is -0.508 e. The van der Waals surface area contributed by atoms with Gasteiger partial charge < -0.3 is 20.1 Å². The summed E-state index contributed by atoms with van der Waals surface area (Å²) in [5.74, 6) is -2.02. The van der Waals surface area contributed by atoms with Gasteiger partial charge in [0.2, 0.25) is 0 Å². The molecule has 0 aliphatic heterocycles. The van der Waals surface area contributed by atoms with Crippen molar-refractivity contribution < 1.29 is 29.6 Å². The first kappa shape index (κ1) is 19.5. The second kappa shape index (κ2) is 9.58. The van der Waals surface area contributed by atoms with Crippen LogP contribution in [0.5, 0.6) is 5.75 Å². The summed E-state index contributed by atoms with van der Waals surface area (Å²) in [6.07, 6.45) is 1.56. The third-order valence-electron chi connectivity index (χ3n) is 3.99. The number of carboxylic acid groups (broad SMARTS) is 1. The molecule has 2 aromatic rings. The molecular weight excluding hydrogens is 336 g/mol. The second-order valence-corrected chi connectivity index (χ2v) is 5.90. The van der Waals surface area contributed by atoms with Crippen molar-refractivity contribution in [1.82, 2.24) is 0 Å². The number of esters is 1. The number of ether oxygens (including phenoxy) is 1. The predicted octanol–water partition coefficient (Wildman–Crippen LogP) is 2.47. The molecule has 0 aromatic heterocycles. The molecule has 0 fully saturated rings. The average Bonchev–Trinajstić information content (AvgIpc) is 2.63. The van der Waals surface area contributed by atoms with E-state index in [-0.39, 0.29) is 31.4 Å². The van der Waals surface area contributed by atoms with Gasteiger partial charge in [-0.1, -0.05) is 36.4 Å². The molecule has 138 valence electrons. The van der Waals surface area contributed by atoms with Gasteiger partial charge in [0.1, 0.15) is 18.3 Å². The molecule has 0 heterocycles. The number of phenols is 1. The zero-order valence-corrected chi connectivity index (χ0v) is 14.3. The third kappa shape index (κ3) is 5.60. The Morgan fingerprint density at radius 3 is 2.08 bits per heavy atom. The fourth-order valence-electron chi connectivity index (χ4n) is 2.69. The number of carbonyl (C=O) groups excluding carboxylic acids is 1. The number of rotatable bonds is 9. The molecule has 1 atom stereocenters. The first-order valence-electron chi connectivity index (χ1n) is 8.38. The summed E-state index contributed by atoms with van der Waals surface area (Å²) in [6, 6.07) is 13.4. The van der Waals surface area contributed by atoms with Gasteiger partial charge in [-0.3, -0.25) is 9.59 Å². The van der Waals surface area contributed by atoms with Gasteiger partial charge in [0, 0.05) is 6.42 Å². The average molecular weight is 358 g/mol. The maximum absolute atomic E-state index is 11.7. The molecule has 6 heteroatoms. The molecule has 0 radical (unpaired) electrons. The van der Waals surface area contributed by atoms with Gasteiger partial charge in [0.25, 0.3) is 0 Å². The van der Waals surface area contributed by atoms with E-state index in [1.54, 1.807) is 24.3 Å². The number of aromatic hydroxyl groups is 1. The largest absolute Gasteiger partial charge is 0.508 e. The van der Waals surface area contributed by atoms with Gasteiger partial charge in [0.15, 0.2) is 0 Å². The van der Waals surface area contributed by atoms with Gasteiger partial charge in [-0.2, -0.15) is 0 Å². The Bertz CT molecular complexity index is 721. The SMILES string of the molecule is O=C(CCCc1ccc(C(C(=O)O)c2ccc(O)cc2)cc1)OCCO. The molecule has 0 saturated heterocycles. The fourth-order valence-corrected chi connectivity index (χ4v) is 2.69. The number of aryl methyl sites for hydroxylation is 1. The summed E-state index contributed by atoms with van der Waals surface area (Å²) in [6.45, 7) is -0.166. The number of aliphatic carboxylic acids is 1. The molecule has 0 bridgehead atoms. The number of hydrogen-bond donors (Lipinski definition) is 3. The van der Waals surface area contributed by atoms with Crippen molar-refractivity contribution in [3.63, 3.8) is 0 Å². The highest BCUT2D eigenvalue weighted by molar-refractivity contribution is 5.80. The summed E-state index contributed by atoms with van der Waals surface area (Å²) < 4.78 is 4.79. The molecule has 3 N–H and O–H groups in total. The van der Waals surface area contributed by atoms with Crippen molar-refractivity contribution >= 4 is 11.9 Å². The molecule has 0 amide bonds. The molecule has 0 spiro atoms. The number of hydrogen-bond acceptors (Lipinski definition) is 5. The van der Waals surface area contributed by atoms with Gasteiger partial charge in [-0.15, -0.1) is 0 Å². The van der Waals surface area contributed by atoms with Gasteiger partial charge in [0.05, 0.1) is 6.61 Å². The summed E-state index contributed by atoms with van der Waals surface area (Å²) in [5.41, 5.74) is 2.24. The molecular formula is C20H22O6. The molecule has 0 aliphatic rings. The number of carbonyl (C=O) groups is 2. The minimum atomic E-state index is -0.963. The van der Waals surface area contributed by atoms with E-state index in [4.69, 9.17) is 9.84 Å². The maximum atomic E-state index is 11.7. The standard InChI is InChI=1S/C20H22O6/c21-12-13-26-18(23)3-1-2-14-4-6-15(7-5-14)19(20(24)25)16-8-10-17(22)11-9-16/h4-11,19,21-22H,1-3,12-13H2,(H,24,25). The van der Waals surface area contributed by atoms with E-state index in [9.17, 15) is 19.8 Å². The number of phenolic OH excluding ortho intramolecular Hbond substituents is 1. The van der Waals surface area contributed by atoms with Gasteiger partial charge >= 0.3 is 11.9 Å². The van der Waals surface area contributed by atoms with Crippen LogP contribution in [0.4, 0.5) is 0 Å². The minimum absolute atomic E-state index is 0.0152. The van der Waals surface area contributed by atoms with Crippen molar-refractivity contribution in [2.75, 3.05) is 13.2 Å². The lowest BCUT2D eigenvalue weighted by Crippen LogP contribution is -2.13. The molecule has 6 nitrogen and oxygen atoms in total. The topological polar surface area (TPSA) is 104 Å². The van der Waals surface area contributed by atoms with E-state index in [1.807, 2.05) is 12.1 Å². The first-order valence-corrected chi connectivity index (χ1v) is 8.38. The van der Waals surface area contributed by atoms with Crippen LogP contribution < -0.4 is 0 Å². The van der Waals surface area contributed by atoms with Crippen LogP contribution in [0.2, 0.25) is 0 Å². The Hall–Kier alpha value is -2.86. The Morgan fingerprint density at radius 2 is 1.54 bits per heavy atom. The van der Waals surface area contributed by atoms with Crippen LogP contribution in [0, 0.1) is 0 Å². The highest BCUT2D eigenvalue weighted by Gasteiger charge is 2.22. The van der Waals surface area contributed by atoms with Crippen LogP contribution in [-0.4, -0.2) is 40.5 Å². The third-order valence-corrected chi connectivity index (χ3v) is 3.99. The van der Waals surface area contributed by atoms with Crippen LogP contribution in [0.1, 0.15) is 35.4 Å². The van der Waals surface area contributed by atoms with Crippen LogP contribution in [0.15, 0.2) is 48.5 Å². The number of carboxylic acids is 1. The Morgan fingerprint density at radius 1 is 0.962 bits per heavy atom. The number of benzene rings is 2. The monoisotopic (exact) mass is 358 g/mol. The highest BCUT2D eigenvalue weighted by Crippen LogP contribution is 2.27. The Balaban J connectivity index is 1.99. The molecule has 0 aliphatic carbocycles. The van der Waals surface area contributed by atoms with E-state index in [2.05, 4.69) is 0 Å². The number of aliphatic hydroxyl groups is 1. The van der Waals surface area contributed by atoms with E-state index < -0.39 is 11.9 Å². The first-order chi connectivity index (χ1) is 12.5. The van der Waals surface area contributed by atoms with Crippen LogP contribution in [0.25, 0.3) is 0 Å². The lowest BCUT2D eigenvalue weighted by Gasteiger charge is -2.14. The molecule has 0 saturated carbocycles. The summed E-state index contributed by atoms with van der Waals surface area (Å²) in [4.78, 5) is 23.0. The zero-order valence-electron chi connectivity index (χ0n) is 14.3. The Labute approximate surface area is 151 Å². The van der Waals surface area contributed by atoms with E-state index >= 15 is 0 Å². The predicted molar refractivity (Wildman–Crippen MR) is 95.0 cm³/mol. The molecule has 2 aromatic carbocycles. The normalized spacial score (nSPS) is 11.7. The number of aliphatic hydroxyl groups excluding tert-OH is 1. The fraction of sp³-hybridized carbons (Fsp3) is 0.300. The van der Waals surface area contributed by atoms with Gasteiger partial charge in [-0.05, 0) is 41.7 Å². The molecule has 1 unspecified atom stereocenters. The van der Waals surface area contributed by atoms with Crippen molar-refractivity contribution in [2.24, 2.45) is 0 Å². The van der Waals surface area contributed by atoms with Crippen LogP contribution >= 0.6 is 0 Å². The Kier molecular flexibility index (Phi) is 7.17. The lowest BCUT2D eigenvalue weighted by atomic mass is 9.90. The van der Waals surface area contributed by atoms with Crippen molar-refractivity contribution in [1.29, 1.82) is 0 Å². The summed E-state index contributed by atoms with van der Waals surface area (Å²) in [5, 5.41) is 27.5. The van der Waals surface area contributed by atoms with Crippen molar-refractivity contribution in [3.8, 4) is 5.75 Å².